The van der Waals surface area contributed by atoms with E-state index in [1.165, 1.54) is 0 Å². The van der Waals surface area contributed by atoms with Gasteiger partial charge in [0.15, 0.2) is 23.0 Å². The molecule has 0 bridgehead atoms. The maximum atomic E-state index is 12.0. The maximum Gasteiger partial charge on any atom is 0.220 e. The Balaban J connectivity index is 1.72. The van der Waals surface area contributed by atoms with Crippen LogP contribution in [0.2, 0.25) is 0 Å². The molecule has 1 N–H and O–H groups in total. The second-order valence-electron chi connectivity index (χ2n) is 5.80. The van der Waals surface area contributed by atoms with Crippen LogP contribution >= 0.6 is 0 Å². The van der Waals surface area contributed by atoms with E-state index in [2.05, 4.69) is 5.32 Å². The molecule has 2 aromatic rings. The largest absolute Gasteiger partial charge is 0.493 e. The molecule has 6 nitrogen and oxygen atoms in total. The van der Waals surface area contributed by atoms with Gasteiger partial charge in [0.1, 0.15) is 0 Å². The Hall–Kier alpha value is -2.89. The summed E-state index contributed by atoms with van der Waals surface area (Å²) in [5, 5.41) is 2.90. The van der Waals surface area contributed by atoms with E-state index in [-0.39, 0.29) is 5.91 Å². The van der Waals surface area contributed by atoms with Gasteiger partial charge in [-0.05, 0) is 43.2 Å². The fourth-order valence-corrected chi connectivity index (χ4v) is 2.54. The molecule has 27 heavy (non-hydrogen) atoms. The first kappa shape index (κ1) is 20.4. The molecule has 1 amide bonds. The molecule has 0 fully saturated rings. The minimum Gasteiger partial charge on any atom is -0.493 e. The lowest BCUT2D eigenvalue weighted by Crippen LogP contribution is -2.23. The number of carbonyl (C=O) groups is 1. The van der Waals surface area contributed by atoms with Gasteiger partial charge >= 0.3 is 0 Å². The van der Waals surface area contributed by atoms with Gasteiger partial charge < -0.3 is 24.3 Å². The Morgan fingerprint density at radius 1 is 0.926 bits per heavy atom. The average molecular weight is 373 g/mol. The second kappa shape index (κ2) is 11.0. The summed E-state index contributed by atoms with van der Waals surface area (Å²) in [6.45, 7) is 3.40. The van der Waals surface area contributed by atoms with Crippen LogP contribution in [0.5, 0.6) is 23.0 Å². The molecule has 0 heterocycles. The minimum absolute atomic E-state index is 0.0218. The highest BCUT2D eigenvalue weighted by atomic mass is 16.5. The summed E-state index contributed by atoms with van der Waals surface area (Å²) >= 11 is 0. The number of nitrogens with one attached hydrogen (secondary N) is 1. The molecule has 0 aliphatic carbocycles. The van der Waals surface area contributed by atoms with Crippen molar-refractivity contribution < 1.29 is 23.7 Å². The van der Waals surface area contributed by atoms with Crippen LogP contribution in [0, 0.1) is 0 Å². The zero-order valence-corrected chi connectivity index (χ0v) is 16.1. The number of carbonyl (C=O) groups excluding carboxylic acids is 1. The van der Waals surface area contributed by atoms with Crippen molar-refractivity contribution in [2.45, 2.75) is 26.3 Å². The lowest BCUT2D eigenvalue weighted by atomic mass is 10.2. The van der Waals surface area contributed by atoms with Gasteiger partial charge in [0, 0.05) is 13.0 Å². The molecule has 0 atom stereocenters. The number of methoxy groups -OCH3 is 2. The molecule has 0 aromatic heterocycles. The number of hydrogen-bond acceptors (Lipinski definition) is 5. The van der Waals surface area contributed by atoms with Gasteiger partial charge in [0.2, 0.25) is 5.91 Å². The van der Waals surface area contributed by atoms with Crippen LogP contribution in [0.15, 0.2) is 42.5 Å². The highest BCUT2D eigenvalue weighted by Crippen LogP contribution is 2.28. The molecule has 0 saturated carbocycles. The molecular weight excluding hydrogens is 346 g/mol. The Bertz CT molecular complexity index is 732. The second-order valence-corrected chi connectivity index (χ2v) is 5.80. The highest BCUT2D eigenvalue weighted by Gasteiger charge is 2.07. The van der Waals surface area contributed by atoms with Gasteiger partial charge in [-0.25, -0.2) is 0 Å². The Labute approximate surface area is 160 Å². The summed E-state index contributed by atoms with van der Waals surface area (Å²) < 4.78 is 21.7. The highest BCUT2D eigenvalue weighted by molar-refractivity contribution is 5.75. The van der Waals surface area contributed by atoms with Gasteiger partial charge in [-0.3, -0.25) is 4.79 Å². The monoisotopic (exact) mass is 373 g/mol. The van der Waals surface area contributed by atoms with Crippen molar-refractivity contribution >= 4 is 5.91 Å². The van der Waals surface area contributed by atoms with Crippen molar-refractivity contribution in [3.63, 3.8) is 0 Å². The zero-order valence-electron chi connectivity index (χ0n) is 16.1. The van der Waals surface area contributed by atoms with Crippen LogP contribution in [-0.2, 0) is 11.3 Å². The van der Waals surface area contributed by atoms with E-state index < -0.39 is 0 Å². The fourth-order valence-electron chi connectivity index (χ4n) is 2.54. The van der Waals surface area contributed by atoms with Crippen LogP contribution in [-0.4, -0.2) is 33.3 Å². The standard InChI is InChI=1S/C21H27NO5/c1-4-26-18-8-5-6-9-19(18)27-13-7-10-21(23)22-15-16-11-12-17(24-2)20(14-16)25-3/h5-6,8-9,11-12,14H,4,7,10,13,15H2,1-3H3,(H,22,23). The van der Waals surface area contributed by atoms with Crippen LogP contribution in [0.3, 0.4) is 0 Å². The Kier molecular flexibility index (Phi) is 8.29. The molecule has 0 saturated heterocycles. The lowest BCUT2D eigenvalue weighted by Gasteiger charge is -2.12. The predicted octanol–water partition coefficient (Wildman–Crippen LogP) is 3.58. The van der Waals surface area contributed by atoms with E-state index in [0.717, 1.165) is 11.3 Å². The maximum absolute atomic E-state index is 12.0. The summed E-state index contributed by atoms with van der Waals surface area (Å²) in [7, 11) is 3.18. The van der Waals surface area contributed by atoms with E-state index in [4.69, 9.17) is 18.9 Å². The molecule has 2 rings (SSSR count). The van der Waals surface area contributed by atoms with Crippen molar-refractivity contribution in [2.24, 2.45) is 0 Å². The van der Waals surface area contributed by atoms with Crippen LogP contribution in [0.1, 0.15) is 25.3 Å². The third kappa shape index (κ3) is 6.40. The third-order valence-corrected chi connectivity index (χ3v) is 3.89. The predicted molar refractivity (Wildman–Crippen MR) is 104 cm³/mol. The molecule has 2 aromatic carbocycles. The van der Waals surface area contributed by atoms with E-state index in [1.54, 1.807) is 14.2 Å². The molecule has 0 aliphatic heterocycles. The van der Waals surface area contributed by atoms with Crippen molar-refractivity contribution in [3.05, 3.63) is 48.0 Å². The van der Waals surface area contributed by atoms with Crippen LogP contribution in [0.4, 0.5) is 0 Å². The van der Waals surface area contributed by atoms with Gasteiger partial charge in [0.25, 0.3) is 0 Å². The number of hydrogen-bond donors (Lipinski definition) is 1. The van der Waals surface area contributed by atoms with Gasteiger partial charge in [-0.15, -0.1) is 0 Å². The Morgan fingerprint density at radius 3 is 2.30 bits per heavy atom. The summed E-state index contributed by atoms with van der Waals surface area (Å²) in [5.74, 6) is 2.71. The van der Waals surface area contributed by atoms with E-state index in [0.29, 0.717) is 49.8 Å². The number of ether oxygens (including phenoxy) is 4. The van der Waals surface area contributed by atoms with Crippen molar-refractivity contribution in [1.82, 2.24) is 5.32 Å². The number of para-hydroxylation sites is 2. The average Bonchev–Trinajstić information content (AvgIpc) is 2.70. The summed E-state index contributed by atoms with van der Waals surface area (Å²) in [6.07, 6.45) is 1.02. The molecule has 0 unspecified atom stereocenters. The normalized spacial score (nSPS) is 10.2. The summed E-state index contributed by atoms with van der Waals surface area (Å²) in [5.41, 5.74) is 0.947. The van der Waals surface area contributed by atoms with Crippen LogP contribution in [0.25, 0.3) is 0 Å². The zero-order chi connectivity index (χ0) is 19.5. The first-order valence-corrected chi connectivity index (χ1v) is 9.00. The first-order valence-electron chi connectivity index (χ1n) is 9.00. The smallest absolute Gasteiger partial charge is 0.220 e. The third-order valence-electron chi connectivity index (χ3n) is 3.89. The molecule has 0 radical (unpaired) electrons. The molecule has 0 spiro atoms. The molecular formula is C21H27NO5. The van der Waals surface area contributed by atoms with Crippen LogP contribution < -0.4 is 24.3 Å². The van der Waals surface area contributed by atoms with Crippen molar-refractivity contribution in [1.29, 1.82) is 0 Å². The van der Waals surface area contributed by atoms with Gasteiger partial charge in [0.05, 0.1) is 27.4 Å². The number of amides is 1. The summed E-state index contributed by atoms with van der Waals surface area (Å²) in [4.78, 5) is 12.0. The fraction of sp³-hybridized carbons (Fsp3) is 0.381. The SMILES string of the molecule is CCOc1ccccc1OCCCC(=O)NCc1ccc(OC)c(OC)c1. The summed E-state index contributed by atoms with van der Waals surface area (Å²) in [6, 6.07) is 13.1. The van der Waals surface area contributed by atoms with Crippen molar-refractivity contribution in [2.75, 3.05) is 27.4 Å². The first-order chi connectivity index (χ1) is 13.2. The molecule has 6 heteroatoms. The Morgan fingerprint density at radius 2 is 1.63 bits per heavy atom. The quantitative estimate of drug-likeness (QED) is 0.610. The van der Waals surface area contributed by atoms with Gasteiger partial charge in [-0.2, -0.15) is 0 Å². The van der Waals surface area contributed by atoms with E-state index >= 15 is 0 Å². The van der Waals surface area contributed by atoms with Crippen molar-refractivity contribution in [3.8, 4) is 23.0 Å². The lowest BCUT2D eigenvalue weighted by molar-refractivity contribution is -0.121. The van der Waals surface area contributed by atoms with E-state index in [1.807, 2.05) is 49.4 Å². The van der Waals surface area contributed by atoms with Gasteiger partial charge in [-0.1, -0.05) is 18.2 Å². The number of rotatable bonds is 11. The molecule has 146 valence electrons. The molecule has 0 aliphatic rings. The van der Waals surface area contributed by atoms with E-state index in [9.17, 15) is 4.79 Å². The minimum atomic E-state index is -0.0218. The topological polar surface area (TPSA) is 66.0 Å². The number of benzene rings is 2.